The first kappa shape index (κ1) is 12.3. The molecule has 0 aliphatic heterocycles. The van der Waals surface area contributed by atoms with Crippen LogP contribution in [0.25, 0.3) is 0 Å². The molecule has 6 N–H and O–H groups in total. The highest BCUT2D eigenvalue weighted by atomic mass is 16.4. The Bertz CT molecular complexity index is 210. The molecule has 0 saturated heterocycles. The second-order valence-electron chi connectivity index (χ2n) is 1.67. The molecule has 0 aliphatic rings. The molecule has 0 atom stereocenters. The Morgan fingerprint density at radius 3 is 1.91 bits per heavy atom. The van der Waals surface area contributed by atoms with Crippen LogP contribution in [0, 0.1) is 0 Å². The quantitative estimate of drug-likeness (QED) is 0.627. The lowest BCUT2D eigenvalue weighted by molar-refractivity contribution is 0.0697. The molecule has 4 heteroatoms. The molecule has 0 unspecified atom stereocenters. The van der Waals surface area contributed by atoms with Crippen LogP contribution in [0.4, 0.5) is 0 Å². The summed E-state index contributed by atoms with van der Waals surface area (Å²) in [4.78, 5) is 10.2. The molecule has 62 valence electrons. The zero-order valence-corrected chi connectivity index (χ0v) is 5.95. The number of carboxylic acids is 1. The third-order valence-corrected chi connectivity index (χ3v) is 1.02. The fourth-order valence-electron chi connectivity index (χ4n) is 0.581. The summed E-state index contributed by atoms with van der Waals surface area (Å²) in [5, 5.41) is 8.38. The fourth-order valence-corrected chi connectivity index (χ4v) is 0.581. The van der Waals surface area contributed by atoms with E-state index in [4.69, 9.17) is 5.11 Å². The lowest BCUT2D eigenvalue weighted by atomic mass is 10.2. The van der Waals surface area contributed by atoms with Crippen molar-refractivity contribution in [1.29, 1.82) is 0 Å². The zero-order chi connectivity index (χ0) is 6.69. The molecule has 0 saturated carbocycles. The fraction of sp³-hybridized carbons (Fsp3) is 0. The van der Waals surface area contributed by atoms with Crippen LogP contribution in [0.3, 0.4) is 0 Å². The van der Waals surface area contributed by atoms with Gasteiger partial charge in [-0.15, -0.1) is 0 Å². The molecule has 0 aromatic heterocycles. The van der Waals surface area contributed by atoms with E-state index in [-0.39, 0.29) is 11.6 Å². The van der Waals surface area contributed by atoms with E-state index >= 15 is 0 Å². The molecule has 0 amide bonds. The van der Waals surface area contributed by atoms with Gasteiger partial charge in [-0.05, 0) is 12.1 Å². The van der Waals surface area contributed by atoms with Crippen molar-refractivity contribution >= 4 is 5.97 Å². The third-order valence-electron chi connectivity index (χ3n) is 1.02. The summed E-state index contributed by atoms with van der Waals surface area (Å²) in [7, 11) is 0. The first-order valence-corrected chi connectivity index (χ1v) is 2.59. The SMILES string of the molecule is N.O.O=C(O)c1ccccc1. The first-order chi connectivity index (χ1) is 4.30. The van der Waals surface area contributed by atoms with Crippen LogP contribution >= 0.6 is 0 Å². The van der Waals surface area contributed by atoms with Gasteiger partial charge in [0.05, 0.1) is 5.56 Å². The van der Waals surface area contributed by atoms with Crippen molar-refractivity contribution in [2.24, 2.45) is 0 Å². The largest absolute Gasteiger partial charge is 0.478 e. The van der Waals surface area contributed by atoms with Crippen LogP contribution in [-0.2, 0) is 0 Å². The summed E-state index contributed by atoms with van der Waals surface area (Å²) < 4.78 is 0. The molecular weight excluding hydrogens is 146 g/mol. The van der Waals surface area contributed by atoms with Crippen LogP contribution in [0.2, 0.25) is 0 Å². The number of carbonyl (C=O) groups is 1. The lowest BCUT2D eigenvalue weighted by Crippen LogP contribution is -1.93. The molecule has 1 aromatic rings. The average Bonchev–Trinajstić information content (AvgIpc) is 1.90. The monoisotopic (exact) mass is 157 g/mol. The van der Waals surface area contributed by atoms with E-state index in [1.165, 1.54) is 0 Å². The first-order valence-electron chi connectivity index (χ1n) is 2.59. The molecule has 0 heterocycles. The van der Waals surface area contributed by atoms with Crippen molar-refractivity contribution in [3.8, 4) is 0 Å². The van der Waals surface area contributed by atoms with Crippen LogP contribution in [0.1, 0.15) is 10.4 Å². The summed E-state index contributed by atoms with van der Waals surface area (Å²) in [6.45, 7) is 0. The second-order valence-corrected chi connectivity index (χ2v) is 1.67. The van der Waals surface area contributed by atoms with E-state index in [2.05, 4.69) is 0 Å². The topological polar surface area (TPSA) is 104 Å². The predicted molar refractivity (Wildman–Crippen MR) is 42.0 cm³/mol. The zero-order valence-electron chi connectivity index (χ0n) is 5.95. The van der Waals surface area contributed by atoms with Gasteiger partial charge in [0.15, 0.2) is 0 Å². The van der Waals surface area contributed by atoms with Gasteiger partial charge < -0.3 is 16.7 Å². The maximum Gasteiger partial charge on any atom is 0.335 e. The summed E-state index contributed by atoms with van der Waals surface area (Å²) in [5.41, 5.74) is 0.331. The predicted octanol–water partition coefficient (Wildman–Crippen LogP) is 0.722. The molecule has 1 aromatic carbocycles. The highest BCUT2D eigenvalue weighted by molar-refractivity contribution is 5.87. The van der Waals surface area contributed by atoms with Crippen LogP contribution in [0.5, 0.6) is 0 Å². The summed E-state index contributed by atoms with van der Waals surface area (Å²) in [6.07, 6.45) is 0. The highest BCUT2D eigenvalue weighted by Crippen LogP contribution is 1.96. The van der Waals surface area contributed by atoms with Gasteiger partial charge >= 0.3 is 5.97 Å². The molecule has 0 bridgehead atoms. The Morgan fingerprint density at radius 2 is 1.64 bits per heavy atom. The van der Waals surface area contributed by atoms with E-state index in [1.807, 2.05) is 0 Å². The van der Waals surface area contributed by atoms with Crippen molar-refractivity contribution in [3.63, 3.8) is 0 Å². The van der Waals surface area contributed by atoms with Crippen molar-refractivity contribution < 1.29 is 15.4 Å². The normalized spacial score (nSPS) is 7.27. The third kappa shape index (κ3) is 3.34. The summed E-state index contributed by atoms with van der Waals surface area (Å²) in [5.74, 6) is -0.879. The number of hydrogen-bond donors (Lipinski definition) is 2. The van der Waals surface area contributed by atoms with Crippen molar-refractivity contribution in [2.75, 3.05) is 0 Å². The van der Waals surface area contributed by atoms with Gasteiger partial charge in [-0.2, -0.15) is 0 Å². The minimum atomic E-state index is -0.879. The Kier molecular flexibility index (Phi) is 6.04. The molecule has 0 spiro atoms. The Morgan fingerprint density at radius 1 is 1.18 bits per heavy atom. The van der Waals surface area contributed by atoms with Gasteiger partial charge in [-0.25, -0.2) is 4.79 Å². The number of carboxylic acid groups (broad SMARTS) is 1. The Balaban J connectivity index is 0. The molecule has 0 radical (unpaired) electrons. The number of benzene rings is 1. The average molecular weight is 157 g/mol. The molecule has 0 aliphatic carbocycles. The van der Waals surface area contributed by atoms with Gasteiger partial charge in [0.2, 0.25) is 0 Å². The van der Waals surface area contributed by atoms with Gasteiger partial charge in [0, 0.05) is 0 Å². The summed E-state index contributed by atoms with van der Waals surface area (Å²) >= 11 is 0. The Labute approximate surface area is 64.4 Å². The number of rotatable bonds is 1. The van der Waals surface area contributed by atoms with E-state index in [9.17, 15) is 4.79 Å². The molecule has 0 fully saturated rings. The number of hydrogen-bond acceptors (Lipinski definition) is 2. The molecule has 1 rings (SSSR count). The smallest absolute Gasteiger partial charge is 0.335 e. The van der Waals surface area contributed by atoms with E-state index < -0.39 is 5.97 Å². The van der Waals surface area contributed by atoms with Crippen molar-refractivity contribution in [1.82, 2.24) is 6.15 Å². The van der Waals surface area contributed by atoms with Crippen LogP contribution in [0.15, 0.2) is 30.3 Å². The van der Waals surface area contributed by atoms with E-state index in [0.29, 0.717) is 5.56 Å². The standard InChI is InChI=1S/C7H6O2.H3N.H2O/c8-7(9)6-4-2-1-3-5-6;;/h1-5H,(H,8,9);1H3;1H2. The van der Waals surface area contributed by atoms with Gasteiger partial charge in [-0.1, -0.05) is 18.2 Å². The van der Waals surface area contributed by atoms with Gasteiger partial charge in [0.1, 0.15) is 0 Å². The molecular formula is C7H11NO3. The maximum atomic E-state index is 10.2. The van der Waals surface area contributed by atoms with Gasteiger partial charge in [0.25, 0.3) is 0 Å². The number of aromatic carboxylic acids is 1. The van der Waals surface area contributed by atoms with E-state index in [0.717, 1.165) is 0 Å². The Hall–Kier alpha value is -1.39. The maximum absolute atomic E-state index is 10.2. The molecule has 11 heavy (non-hydrogen) atoms. The van der Waals surface area contributed by atoms with Gasteiger partial charge in [-0.3, -0.25) is 0 Å². The van der Waals surface area contributed by atoms with Crippen LogP contribution in [-0.4, -0.2) is 16.6 Å². The summed E-state index contributed by atoms with van der Waals surface area (Å²) in [6, 6.07) is 8.30. The van der Waals surface area contributed by atoms with Crippen molar-refractivity contribution in [3.05, 3.63) is 35.9 Å². The minimum absolute atomic E-state index is 0. The molecule has 4 nitrogen and oxygen atoms in total. The highest BCUT2D eigenvalue weighted by Gasteiger charge is 1.96. The minimum Gasteiger partial charge on any atom is -0.478 e. The van der Waals surface area contributed by atoms with E-state index in [1.54, 1.807) is 30.3 Å². The van der Waals surface area contributed by atoms with Crippen LogP contribution < -0.4 is 6.15 Å². The second kappa shape index (κ2) is 5.40. The lowest BCUT2D eigenvalue weighted by Gasteiger charge is -1.88. The van der Waals surface area contributed by atoms with Crippen molar-refractivity contribution in [2.45, 2.75) is 0 Å².